The average molecular weight is 415 g/mol. The number of benzene rings is 2. The third-order valence-electron chi connectivity index (χ3n) is 3.83. The van der Waals surface area contributed by atoms with E-state index in [1.165, 1.54) is 60.8 Å². The molecule has 3 aromatic rings. The van der Waals surface area contributed by atoms with Crippen LogP contribution in [0.4, 0.5) is 15.9 Å². The molecule has 3 rings (SSSR count). The monoisotopic (exact) mass is 415 g/mol. The lowest BCUT2D eigenvalue weighted by atomic mass is 10.3. The molecule has 2 N–H and O–H groups in total. The zero-order chi connectivity index (χ0) is 20.9. The molecule has 0 saturated heterocycles. The van der Waals surface area contributed by atoms with Gasteiger partial charge in [0.1, 0.15) is 17.4 Å². The molecule has 0 aliphatic rings. The first-order chi connectivity index (χ1) is 13.8. The summed E-state index contributed by atoms with van der Waals surface area (Å²) in [7, 11) is -3.80. The van der Waals surface area contributed by atoms with Crippen molar-refractivity contribution in [1.82, 2.24) is 4.98 Å². The van der Waals surface area contributed by atoms with Crippen LogP contribution in [0.3, 0.4) is 0 Å². The van der Waals surface area contributed by atoms with Crippen molar-refractivity contribution < 1.29 is 22.3 Å². The lowest BCUT2D eigenvalue weighted by Gasteiger charge is -2.15. The lowest BCUT2D eigenvalue weighted by molar-refractivity contribution is -0.122. The Bertz CT molecular complexity index is 1070. The van der Waals surface area contributed by atoms with Crippen LogP contribution in [-0.2, 0) is 14.8 Å². The molecule has 0 saturated carbocycles. The molecule has 0 fully saturated rings. The highest BCUT2D eigenvalue weighted by molar-refractivity contribution is 7.92. The molecule has 0 unspecified atom stereocenters. The van der Waals surface area contributed by atoms with E-state index >= 15 is 0 Å². The zero-order valence-corrected chi connectivity index (χ0v) is 16.2. The number of sulfonamides is 1. The van der Waals surface area contributed by atoms with E-state index in [2.05, 4.69) is 15.0 Å². The van der Waals surface area contributed by atoms with Crippen LogP contribution in [-0.4, -0.2) is 25.4 Å². The average Bonchev–Trinajstić information content (AvgIpc) is 2.70. The quantitative estimate of drug-likeness (QED) is 0.616. The fourth-order valence-corrected chi connectivity index (χ4v) is 3.36. The highest BCUT2D eigenvalue weighted by Crippen LogP contribution is 2.18. The summed E-state index contributed by atoms with van der Waals surface area (Å²) in [5, 5.41) is 2.64. The second-order valence-corrected chi connectivity index (χ2v) is 7.73. The van der Waals surface area contributed by atoms with Gasteiger partial charge >= 0.3 is 0 Å². The molecular weight excluding hydrogens is 397 g/mol. The SMILES string of the molecule is C[C@@H](Oc1ccc(F)cc1)C(=O)Nc1ccc(S(=O)(=O)Nc2ccccn2)cc1. The first-order valence-electron chi connectivity index (χ1n) is 8.60. The molecule has 0 radical (unpaired) electrons. The maximum absolute atomic E-state index is 12.9. The summed E-state index contributed by atoms with van der Waals surface area (Å²) in [5.74, 6) is -0.272. The smallest absolute Gasteiger partial charge is 0.265 e. The van der Waals surface area contributed by atoms with E-state index in [4.69, 9.17) is 4.74 Å². The molecule has 1 heterocycles. The predicted octanol–water partition coefficient (Wildman–Crippen LogP) is 3.43. The minimum absolute atomic E-state index is 0.0248. The van der Waals surface area contributed by atoms with E-state index in [1.54, 1.807) is 19.1 Å². The number of hydrogen-bond donors (Lipinski definition) is 2. The van der Waals surface area contributed by atoms with Crippen LogP contribution in [0.5, 0.6) is 5.75 Å². The Hall–Kier alpha value is -3.46. The summed E-state index contributed by atoms with van der Waals surface area (Å²) >= 11 is 0. The van der Waals surface area contributed by atoms with Crippen molar-refractivity contribution in [2.75, 3.05) is 10.0 Å². The van der Waals surface area contributed by atoms with Gasteiger partial charge < -0.3 is 10.1 Å². The van der Waals surface area contributed by atoms with Gasteiger partial charge in [-0.3, -0.25) is 9.52 Å². The Balaban J connectivity index is 1.62. The van der Waals surface area contributed by atoms with Gasteiger partial charge in [0, 0.05) is 11.9 Å². The summed E-state index contributed by atoms with van der Waals surface area (Å²) in [5.41, 5.74) is 0.404. The highest BCUT2D eigenvalue weighted by atomic mass is 32.2. The van der Waals surface area contributed by atoms with Crippen molar-refractivity contribution in [3.8, 4) is 5.75 Å². The Labute approximate surface area is 167 Å². The van der Waals surface area contributed by atoms with E-state index in [0.29, 0.717) is 11.4 Å². The predicted molar refractivity (Wildman–Crippen MR) is 107 cm³/mol. The lowest BCUT2D eigenvalue weighted by Crippen LogP contribution is -2.30. The van der Waals surface area contributed by atoms with Crippen LogP contribution >= 0.6 is 0 Å². The number of pyridine rings is 1. The van der Waals surface area contributed by atoms with Gasteiger partial charge in [-0.1, -0.05) is 6.07 Å². The number of nitrogens with zero attached hydrogens (tertiary/aromatic N) is 1. The number of aromatic nitrogens is 1. The first-order valence-corrected chi connectivity index (χ1v) is 10.1. The van der Waals surface area contributed by atoms with Crippen LogP contribution < -0.4 is 14.8 Å². The maximum atomic E-state index is 12.9. The fraction of sp³-hybridized carbons (Fsp3) is 0.100. The molecule has 29 heavy (non-hydrogen) atoms. The van der Waals surface area contributed by atoms with Crippen molar-refractivity contribution in [1.29, 1.82) is 0 Å². The fourth-order valence-electron chi connectivity index (χ4n) is 2.35. The van der Waals surface area contributed by atoms with Crippen molar-refractivity contribution >= 4 is 27.4 Å². The molecule has 0 aliphatic heterocycles. The minimum atomic E-state index is -3.80. The van der Waals surface area contributed by atoms with Gasteiger partial charge in [-0.25, -0.2) is 17.8 Å². The molecule has 0 aliphatic carbocycles. The molecule has 9 heteroatoms. The minimum Gasteiger partial charge on any atom is -0.481 e. The van der Waals surface area contributed by atoms with Gasteiger partial charge in [0.2, 0.25) is 0 Å². The topological polar surface area (TPSA) is 97.4 Å². The van der Waals surface area contributed by atoms with Crippen LogP contribution in [0.1, 0.15) is 6.92 Å². The van der Waals surface area contributed by atoms with E-state index < -0.39 is 27.9 Å². The third-order valence-corrected chi connectivity index (χ3v) is 5.20. The molecule has 150 valence electrons. The van der Waals surface area contributed by atoms with Crippen LogP contribution in [0.25, 0.3) is 0 Å². The molecule has 7 nitrogen and oxygen atoms in total. The summed E-state index contributed by atoms with van der Waals surface area (Å²) in [6.45, 7) is 1.55. The Morgan fingerprint density at radius 3 is 2.34 bits per heavy atom. The Morgan fingerprint density at radius 1 is 1.03 bits per heavy atom. The molecule has 0 bridgehead atoms. The number of carbonyl (C=O) groups is 1. The van der Waals surface area contributed by atoms with Gasteiger partial charge in [-0.05, 0) is 67.6 Å². The van der Waals surface area contributed by atoms with E-state index in [0.717, 1.165) is 0 Å². The van der Waals surface area contributed by atoms with Crippen molar-refractivity contribution in [2.45, 2.75) is 17.9 Å². The number of rotatable bonds is 7. The highest BCUT2D eigenvalue weighted by Gasteiger charge is 2.17. The molecule has 1 atom stereocenters. The van der Waals surface area contributed by atoms with Crippen molar-refractivity contribution in [3.05, 3.63) is 78.7 Å². The van der Waals surface area contributed by atoms with Crippen molar-refractivity contribution in [2.24, 2.45) is 0 Å². The van der Waals surface area contributed by atoms with Gasteiger partial charge in [0.05, 0.1) is 4.90 Å². The molecule has 1 amide bonds. The van der Waals surface area contributed by atoms with Gasteiger partial charge in [0.25, 0.3) is 15.9 Å². The Morgan fingerprint density at radius 2 is 1.72 bits per heavy atom. The molecule has 2 aromatic carbocycles. The zero-order valence-electron chi connectivity index (χ0n) is 15.4. The van der Waals surface area contributed by atoms with Crippen LogP contribution in [0.2, 0.25) is 0 Å². The van der Waals surface area contributed by atoms with E-state index in [9.17, 15) is 17.6 Å². The number of anilines is 2. The summed E-state index contributed by atoms with van der Waals surface area (Å²) < 4.78 is 45.5. The number of amides is 1. The van der Waals surface area contributed by atoms with E-state index in [1.807, 2.05) is 0 Å². The number of carbonyl (C=O) groups excluding carboxylic acids is 1. The van der Waals surface area contributed by atoms with Crippen LogP contribution in [0.15, 0.2) is 77.8 Å². The normalized spacial score (nSPS) is 12.1. The van der Waals surface area contributed by atoms with Crippen molar-refractivity contribution in [3.63, 3.8) is 0 Å². The third kappa shape index (κ3) is 5.52. The number of halogens is 1. The second kappa shape index (κ2) is 8.70. The van der Waals surface area contributed by atoms with Gasteiger partial charge in [0.15, 0.2) is 6.10 Å². The summed E-state index contributed by atoms with van der Waals surface area (Å²) in [6, 6.07) is 15.9. The number of hydrogen-bond acceptors (Lipinski definition) is 5. The van der Waals surface area contributed by atoms with Gasteiger partial charge in [-0.15, -0.1) is 0 Å². The number of ether oxygens (including phenoxy) is 1. The standard InChI is InChI=1S/C20H18FN3O4S/c1-14(28-17-9-5-15(21)6-10-17)20(25)23-16-7-11-18(12-8-16)29(26,27)24-19-4-2-3-13-22-19/h2-14H,1H3,(H,22,24)(H,23,25)/t14-/m1/s1. The summed E-state index contributed by atoms with van der Waals surface area (Å²) in [4.78, 5) is 16.2. The second-order valence-electron chi connectivity index (χ2n) is 6.05. The van der Waals surface area contributed by atoms with Crippen LogP contribution in [0, 0.1) is 5.82 Å². The maximum Gasteiger partial charge on any atom is 0.265 e. The largest absolute Gasteiger partial charge is 0.481 e. The van der Waals surface area contributed by atoms with Gasteiger partial charge in [-0.2, -0.15) is 0 Å². The molecular formula is C20H18FN3O4S. The van der Waals surface area contributed by atoms with E-state index in [-0.39, 0.29) is 10.7 Å². The number of nitrogens with one attached hydrogen (secondary N) is 2. The summed E-state index contributed by atoms with van der Waals surface area (Å²) in [6.07, 6.45) is 0.640. The molecule has 0 spiro atoms. The Kier molecular flexibility index (Phi) is 6.08. The molecule has 1 aromatic heterocycles. The first kappa shape index (κ1) is 20.3.